The van der Waals surface area contributed by atoms with Gasteiger partial charge in [-0.05, 0) is 30.7 Å². The van der Waals surface area contributed by atoms with Crippen LogP contribution in [-0.4, -0.2) is 40.3 Å². The molecule has 5 heteroatoms. The zero-order valence-electron chi connectivity index (χ0n) is 13.5. The lowest BCUT2D eigenvalue weighted by Gasteiger charge is -2.34. The lowest BCUT2D eigenvalue weighted by molar-refractivity contribution is 0.0428. The number of ether oxygens (including phenoxy) is 1. The maximum Gasteiger partial charge on any atom is 0.255 e. The van der Waals surface area contributed by atoms with Gasteiger partial charge in [0.05, 0.1) is 24.1 Å². The van der Waals surface area contributed by atoms with Crippen LogP contribution in [0.3, 0.4) is 0 Å². The standard InChI is InChI=1S/C19H18N2O3/c1-13-6-8-20-11-15(13)18(23)21-9-7-19(12-21)10-16(22)14-4-2-3-5-17(14)24-19/h2-6,8,11H,7,9-10,12H2,1H3. The first-order valence-corrected chi connectivity index (χ1v) is 8.09. The molecule has 0 aliphatic carbocycles. The summed E-state index contributed by atoms with van der Waals surface area (Å²) in [5, 5.41) is 0. The van der Waals surface area contributed by atoms with Gasteiger partial charge in [-0.1, -0.05) is 12.1 Å². The van der Waals surface area contributed by atoms with Crippen LogP contribution in [-0.2, 0) is 0 Å². The predicted molar refractivity (Wildman–Crippen MR) is 88.2 cm³/mol. The molecule has 24 heavy (non-hydrogen) atoms. The first-order valence-electron chi connectivity index (χ1n) is 8.09. The Morgan fingerprint density at radius 2 is 2.12 bits per heavy atom. The molecule has 1 spiro atoms. The van der Waals surface area contributed by atoms with Crippen molar-refractivity contribution >= 4 is 11.7 Å². The maximum absolute atomic E-state index is 12.8. The summed E-state index contributed by atoms with van der Waals surface area (Å²) in [5.74, 6) is 0.664. The van der Waals surface area contributed by atoms with Crippen LogP contribution in [0, 0.1) is 6.92 Å². The van der Waals surface area contributed by atoms with Crippen molar-refractivity contribution in [2.45, 2.75) is 25.4 Å². The number of hydrogen-bond acceptors (Lipinski definition) is 4. The quantitative estimate of drug-likeness (QED) is 0.810. The predicted octanol–water partition coefficient (Wildman–Crippen LogP) is 2.64. The summed E-state index contributed by atoms with van der Waals surface area (Å²) in [4.78, 5) is 31.0. The summed E-state index contributed by atoms with van der Waals surface area (Å²) in [7, 11) is 0. The Bertz CT molecular complexity index is 833. The van der Waals surface area contributed by atoms with E-state index in [1.807, 2.05) is 31.2 Å². The van der Waals surface area contributed by atoms with Crippen molar-refractivity contribution < 1.29 is 14.3 Å². The van der Waals surface area contributed by atoms with Crippen molar-refractivity contribution in [2.24, 2.45) is 0 Å². The van der Waals surface area contributed by atoms with Gasteiger partial charge in [0.25, 0.3) is 5.91 Å². The highest BCUT2D eigenvalue weighted by molar-refractivity contribution is 6.00. The number of ketones is 1. The molecule has 3 heterocycles. The van der Waals surface area contributed by atoms with Crippen molar-refractivity contribution in [3.05, 3.63) is 59.4 Å². The minimum atomic E-state index is -0.600. The molecule has 1 aromatic carbocycles. The summed E-state index contributed by atoms with van der Waals surface area (Å²) in [6.07, 6.45) is 4.26. The Morgan fingerprint density at radius 3 is 2.96 bits per heavy atom. The molecule has 2 aliphatic heterocycles. The number of aryl methyl sites for hydroxylation is 1. The smallest absolute Gasteiger partial charge is 0.255 e. The third-order valence-electron chi connectivity index (χ3n) is 4.87. The zero-order chi connectivity index (χ0) is 16.7. The molecule has 0 bridgehead atoms. The number of pyridine rings is 1. The monoisotopic (exact) mass is 322 g/mol. The van der Waals surface area contributed by atoms with Gasteiger partial charge < -0.3 is 9.64 Å². The third-order valence-corrected chi connectivity index (χ3v) is 4.87. The molecule has 4 rings (SSSR count). The molecule has 2 aromatic rings. The Hall–Kier alpha value is -2.69. The van der Waals surface area contributed by atoms with Crippen LogP contribution in [0.5, 0.6) is 5.75 Å². The summed E-state index contributed by atoms with van der Waals surface area (Å²) < 4.78 is 6.17. The molecule has 1 saturated heterocycles. The number of aromatic nitrogens is 1. The van der Waals surface area contributed by atoms with E-state index in [0.717, 1.165) is 5.56 Å². The molecular weight excluding hydrogens is 304 g/mol. The van der Waals surface area contributed by atoms with Gasteiger partial charge in [-0.15, -0.1) is 0 Å². The minimum absolute atomic E-state index is 0.0487. The van der Waals surface area contributed by atoms with Gasteiger partial charge in [0.2, 0.25) is 0 Å². The molecular formula is C19H18N2O3. The fraction of sp³-hybridized carbons (Fsp3) is 0.316. The van der Waals surface area contributed by atoms with Crippen molar-refractivity contribution in [2.75, 3.05) is 13.1 Å². The van der Waals surface area contributed by atoms with E-state index >= 15 is 0 Å². The van der Waals surface area contributed by atoms with Gasteiger partial charge in [0.1, 0.15) is 11.4 Å². The van der Waals surface area contributed by atoms with Crippen LogP contribution >= 0.6 is 0 Å². The highest BCUT2D eigenvalue weighted by Crippen LogP contribution is 2.38. The second-order valence-electron chi connectivity index (χ2n) is 6.55. The van der Waals surface area contributed by atoms with Crippen LogP contribution < -0.4 is 4.74 Å². The second-order valence-corrected chi connectivity index (χ2v) is 6.55. The summed E-state index contributed by atoms with van der Waals surface area (Å²) >= 11 is 0. The first-order chi connectivity index (χ1) is 11.6. The van der Waals surface area contributed by atoms with Crippen molar-refractivity contribution in [3.63, 3.8) is 0 Å². The second kappa shape index (κ2) is 5.44. The molecule has 0 N–H and O–H groups in total. The number of Topliss-reactive ketones (excluding diaryl/α,β-unsaturated/α-hetero) is 1. The van der Waals surface area contributed by atoms with E-state index in [0.29, 0.717) is 42.8 Å². The molecule has 2 aliphatic rings. The maximum atomic E-state index is 12.8. The topological polar surface area (TPSA) is 59.5 Å². The van der Waals surface area contributed by atoms with Crippen LogP contribution in [0.25, 0.3) is 0 Å². The molecule has 1 aromatic heterocycles. The van der Waals surface area contributed by atoms with Gasteiger partial charge in [-0.3, -0.25) is 14.6 Å². The fourth-order valence-corrected chi connectivity index (χ4v) is 3.55. The van der Waals surface area contributed by atoms with E-state index in [2.05, 4.69) is 4.98 Å². The number of carbonyl (C=O) groups is 2. The highest BCUT2D eigenvalue weighted by Gasteiger charge is 2.47. The zero-order valence-corrected chi connectivity index (χ0v) is 13.5. The van der Waals surface area contributed by atoms with Crippen LogP contribution in [0.4, 0.5) is 0 Å². The number of benzene rings is 1. The van der Waals surface area contributed by atoms with Gasteiger partial charge in [-0.2, -0.15) is 0 Å². The SMILES string of the molecule is Cc1ccncc1C(=O)N1CCC2(CC(=O)c3ccccc3O2)C1. The minimum Gasteiger partial charge on any atom is -0.484 e. The van der Waals surface area contributed by atoms with Crippen LogP contribution in [0.2, 0.25) is 0 Å². The van der Waals surface area contributed by atoms with Crippen LogP contribution in [0.15, 0.2) is 42.7 Å². The first kappa shape index (κ1) is 14.9. The summed E-state index contributed by atoms with van der Waals surface area (Å²) in [5.41, 5.74) is 1.55. The summed E-state index contributed by atoms with van der Waals surface area (Å²) in [6, 6.07) is 9.15. The number of carbonyl (C=O) groups excluding carboxylic acids is 2. The average Bonchev–Trinajstić information content (AvgIpc) is 2.98. The van der Waals surface area contributed by atoms with Gasteiger partial charge in [0, 0.05) is 25.4 Å². The van der Waals surface area contributed by atoms with Crippen molar-refractivity contribution in [1.29, 1.82) is 0 Å². The Morgan fingerprint density at radius 1 is 1.29 bits per heavy atom. The lowest BCUT2D eigenvalue weighted by atomic mass is 9.89. The van der Waals surface area contributed by atoms with Gasteiger partial charge >= 0.3 is 0 Å². The molecule has 1 amide bonds. The molecule has 0 radical (unpaired) electrons. The number of fused-ring (bicyclic) bond motifs is 1. The number of amides is 1. The van der Waals surface area contributed by atoms with E-state index < -0.39 is 5.60 Å². The number of para-hydroxylation sites is 1. The largest absolute Gasteiger partial charge is 0.484 e. The molecule has 1 unspecified atom stereocenters. The molecule has 5 nitrogen and oxygen atoms in total. The average molecular weight is 322 g/mol. The van der Waals surface area contributed by atoms with E-state index in [4.69, 9.17) is 4.74 Å². The van der Waals surface area contributed by atoms with E-state index in [1.54, 1.807) is 23.4 Å². The Labute approximate surface area is 140 Å². The van der Waals surface area contributed by atoms with Gasteiger partial charge in [-0.25, -0.2) is 0 Å². The number of likely N-dealkylation sites (tertiary alicyclic amines) is 1. The van der Waals surface area contributed by atoms with Gasteiger partial charge in [0.15, 0.2) is 5.78 Å². The molecule has 122 valence electrons. The van der Waals surface area contributed by atoms with E-state index in [9.17, 15) is 9.59 Å². The molecule has 0 saturated carbocycles. The number of rotatable bonds is 1. The Balaban J connectivity index is 1.58. The third kappa shape index (κ3) is 2.37. The molecule has 1 fully saturated rings. The summed E-state index contributed by atoms with van der Waals surface area (Å²) in [6.45, 7) is 2.92. The Kier molecular flexibility index (Phi) is 3.37. The fourth-order valence-electron chi connectivity index (χ4n) is 3.55. The van der Waals surface area contributed by atoms with Crippen molar-refractivity contribution in [1.82, 2.24) is 9.88 Å². The molecule has 1 atom stereocenters. The number of nitrogens with zero attached hydrogens (tertiary/aromatic N) is 2. The van der Waals surface area contributed by atoms with E-state index in [1.165, 1.54) is 0 Å². The lowest BCUT2D eigenvalue weighted by Crippen LogP contribution is -2.45. The van der Waals surface area contributed by atoms with Crippen LogP contribution in [0.1, 0.15) is 39.1 Å². The van der Waals surface area contributed by atoms with E-state index in [-0.39, 0.29) is 11.7 Å². The normalized spacial score (nSPS) is 22.4. The highest BCUT2D eigenvalue weighted by atomic mass is 16.5. The number of hydrogen-bond donors (Lipinski definition) is 0. The van der Waals surface area contributed by atoms with Crippen molar-refractivity contribution in [3.8, 4) is 5.75 Å².